The average molecular weight is 120 g/mol. The lowest BCUT2D eigenvalue weighted by Crippen LogP contribution is -2.02. The molecule has 0 aromatic carbocycles. The van der Waals surface area contributed by atoms with E-state index in [1.165, 1.54) is 0 Å². The van der Waals surface area contributed by atoms with Gasteiger partial charge in [0, 0.05) is 5.75 Å². The molecule has 44 valence electrons. The standard InChI is InChI=1S/C5H12OS/c1-3-7-4-5(2)6/h5-6H,3-4H2,1-2H3. The molecule has 1 nitrogen and oxygen atoms in total. The summed E-state index contributed by atoms with van der Waals surface area (Å²) in [4.78, 5) is 0. The first-order valence-corrected chi connectivity index (χ1v) is 3.68. The van der Waals surface area contributed by atoms with Gasteiger partial charge in [-0.1, -0.05) is 6.92 Å². The van der Waals surface area contributed by atoms with Crippen molar-refractivity contribution in [2.75, 3.05) is 11.5 Å². The van der Waals surface area contributed by atoms with Crippen LogP contribution in [0.2, 0.25) is 0 Å². The molecule has 1 unspecified atom stereocenters. The summed E-state index contributed by atoms with van der Waals surface area (Å²) in [6.45, 7) is 3.90. The number of aliphatic hydroxyl groups is 1. The van der Waals surface area contributed by atoms with E-state index in [4.69, 9.17) is 5.11 Å². The normalized spacial score (nSPS) is 14.1. The molecule has 0 fully saturated rings. The van der Waals surface area contributed by atoms with Crippen LogP contribution in [0.1, 0.15) is 13.8 Å². The van der Waals surface area contributed by atoms with E-state index in [0.717, 1.165) is 11.5 Å². The molecule has 0 aromatic rings. The quantitative estimate of drug-likeness (QED) is 0.602. The van der Waals surface area contributed by atoms with Crippen LogP contribution in [0.25, 0.3) is 0 Å². The lowest BCUT2D eigenvalue weighted by atomic mass is 10.5. The summed E-state index contributed by atoms with van der Waals surface area (Å²) in [6, 6.07) is 0. The van der Waals surface area contributed by atoms with Crippen LogP contribution in [-0.4, -0.2) is 22.7 Å². The van der Waals surface area contributed by atoms with Gasteiger partial charge in [0.2, 0.25) is 0 Å². The van der Waals surface area contributed by atoms with Crippen LogP contribution in [0.15, 0.2) is 0 Å². The van der Waals surface area contributed by atoms with E-state index < -0.39 is 0 Å². The molecule has 1 N–H and O–H groups in total. The van der Waals surface area contributed by atoms with Gasteiger partial charge in [0.1, 0.15) is 0 Å². The highest BCUT2D eigenvalue weighted by Gasteiger charge is 1.90. The van der Waals surface area contributed by atoms with Gasteiger partial charge in [0.25, 0.3) is 0 Å². The van der Waals surface area contributed by atoms with Gasteiger partial charge in [0.15, 0.2) is 0 Å². The third kappa shape index (κ3) is 6.31. The summed E-state index contributed by atoms with van der Waals surface area (Å²) in [5, 5.41) is 8.66. The van der Waals surface area contributed by atoms with Crippen molar-refractivity contribution in [3.05, 3.63) is 0 Å². The van der Waals surface area contributed by atoms with Gasteiger partial charge in [-0.25, -0.2) is 0 Å². The molecule has 0 aliphatic rings. The first-order chi connectivity index (χ1) is 3.27. The molecule has 0 aromatic heterocycles. The highest BCUT2D eigenvalue weighted by atomic mass is 32.2. The second-order valence-electron chi connectivity index (χ2n) is 1.51. The topological polar surface area (TPSA) is 20.2 Å². The van der Waals surface area contributed by atoms with Crippen LogP contribution in [0, 0.1) is 0 Å². The Balaban J connectivity index is 2.68. The molecule has 0 amide bonds. The number of thioether (sulfide) groups is 1. The van der Waals surface area contributed by atoms with Crippen LogP contribution >= 0.6 is 11.8 Å². The van der Waals surface area contributed by atoms with E-state index in [1.807, 2.05) is 6.92 Å². The minimum Gasteiger partial charge on any atom is -0.393 e. The number of aliphatic hydroxyl groups excluding tert-OH is 1. The lowest BCUT2D eigenvalue weighted by Gasteiger charge is -1.98. The highest BCUT2D eigenvalue weighted by Crippen LogP contribution is 1.99. The summed E-state index contributed by atoms with van der Waals surface area (Å²) in [5.41, 5.74) is 0. The van der Waals surface area contributed by atoms with Crippen molar-refractivity contribution in [3.8, 4) is 0 Å². The Morgan fingerprint density at radius 2 is 2.29 bits per heavy atom. The third-order valence-electron chi connectivity index (χ3n) is 0.563. The predicted octanol–water partition coefficient (Wildman–Crippen LogP) is 1.12. The monoisotopic (exact) mass is 120 g/mol. The highest BCUT2D eigenvalue weighted by molar-refractivity contribution is 7.99. The molecule has 7 heavy (non-hydrogen) atoms. The lowest BCUT2D eigenvalue weighted by molar-refractivity contribution is 0.220. The summed E-state index contributed by atoms with van der Waals surface area (Å²) in [5.74, 6) is 1.97. The maximum absolute atomic E-state index is 8.66. The molecule has 0 bridgehead atoms. The molecule has 0 rings (SSSR count). The second kappa shape index (κ2) is 4.47. The number of rotatable bonds is 3. The molecule has 1 atom stereocenters. The fourth-order valence-electron chi connectivity index (χ4n) is 0.288. The van der Waals surface area contributed by atoms with Crippen molar-refractivity contribution in [1.82, 2.24) is 0 Å². The second-order valence-corrected chi connectivity index (χ2v) is 2.83. The minimum absolute atomic E-state index is 0.134. The first-order valence-electron chi connectivity index (χ1n) is 2.53. The largest absolute Gasteiger partial charge is 0.393 e. The van der Waals surface area contributed by atoms with Crippen molar-refractivity contribution >= 4 is 11.8 Å². The van der Waals surface area contributed by atoms with Crippen LogP contribution in [-0.2, 0) is 0 Å². The molecule has 2 heteroatoms. The Morgan fingerprint density at radius 3 is 2.43 bits per heavy atom. The summed E-state index contributed by atoms with van der Waals surface area (Å²) in [7, 11) is 0. The Kier molecular flexibility index (Phi) is 4.67. The Labute approximate surface area is 49.1 Å². The van der Waals surface area contributed by atoms with E-state index in [1.54, 1.807) is 11.8 Å². The number of hydrogen-bond acceptors (Lipinski definition) is 2. The molecular weight excluding hydrogens is 108 g/mol. The molecule has 0 spiro atoms. The molecule has 0 heterocycles. The first kappa shape index (κ1) is 7.31. The van der Waals surface area contributed by atoms with E-state index in [0.29, 0.717) is 0 Å². The van der Waals surface area contributed by atoms with Crippen molar-refractivity contribution in [2.45, 2.75) is 20.0 Å². The van der Waals surface area contributed by atoms with E-state index in [-0.39, 0.29) is 6.10 Å². The summed E-state index contributed by atoms with van der Waals surface area (Å²) >= 11 is 1.77. The SMILES string of the molecule is CCSCC(C)O. The van der Waals surface area contributed by atoms with Gasteiger partial charge >= 0.3 is 0 Å². The van der Waals surface area contributed by atoms with Crippen LogP contribution in [0.4, 0.5) is 0 Å². The zero-order valence-corrected chi connectivity index (χ0v) is 5.66. The fourth-order valence-corrected chi connectivity index (χ4v) is 0.865. The smallest absolute Gasteiger partial charge is 0.0602 e. The zero-order chi connectivity index (χ0) is 5.70. The van der Waals surface area contributed by atoms with Gasteiger partial charge in [-0.3, -0.25) is 0 Å². The van der Waals surface area contributed by atoms with Crippen LogP contribution < -0.4 is 0 Å². The fraction of sp³-hybridized carbons (Fsp3) is 1.00. The number of hydrogen-bond donors (Lipinski definition) is 1. The molecule has 0 saturated heterocycles. The molecule has 0 saturated carbocycles. The summed E-state index contributed by atoms with van der Waals surface area (Å²) in [6.07, 6.45) is -0.134. The van der Waals surface area contributed by atoms with E-state index in [2.05, 4.69) is 6.92 Å². The maximum atomic E-state index is 8.66. The minimum atomic E-state index is -0.134. The van der Waals surface area contributed by atoms with E-state index in [9.17, 15) is 0 Å². The maximum Gasteiger partial charge on any atom is 0.0602 e. The molecule has 0 aliphatic heterocycles. The molecular formula is C5H12OS. The average Bonchev–Trinajstić information content (AvgIpc) is 1.61. The van der Waals surface area contributed by atoms with Crippen LogP contribution in [0.5, 0.6) is 0 Å². The van der Waals surface area contributed by atoms with Gasteiger partial charge in [-0.2, -0.15) is 11.8 Å². The van der Waals surface area contributed by atoms with Crippen molar-refractivity contribution < 1.29 is 5.11 Å². The third-order valence-corrected chi connectivity index (χ3v) is 1.69. The van der Waals surface area contributed by atoms with Gasteiger partial charge in [-0.15, -0.1) is 0 Å². The Hall–Kier alpha value is 0.310. The predicted molar refractivity (Wildman–Crippen MR) is 34.7 cm³/mol. The Bertz CT molecular complexity index is 37.1. The summed E-state index contributed by atoms with van der Waals surface area (Å²) < 4.78 is 0. The van der Waals surface area contributed by atoms with Crippen LogP contribution in [0.3, 0.4) is 0 Å². The molecule has 0 aliphatic carbocycles. The van der Waals surface area contributed by atoms with Crippen molar-refractivity contribution in [2.24, 2.45) is 0 Å². The van der Waals surface area contributed by atoms with Gasteiger partial charge in [-0.05, 0) is 12.7 Å². The Morgan fingerprint density at radius 1 is 1.71 bits per heavy atom. The van der Waals surface area contributed by atoms with Gasteiger partial charge in [0.05, 0.1) is 6.10 Å². The zero-order valence-electron chi connectivity index (χ0n) is 4.85. The molecule has 0 radical (unpaired) electrons. The van der Waals surface area contributed by atoms with E-state index >= 15 is 0 Å². The van der Waals surface area contributed by atoms with Crippen molar-refractivity contribution in [3.63, 3.8) is 0 Å². The van der Waals surface area contributed by atoms with Crippen molar-refractivity contribution in [1.29, 1.82) is 0 Å². The van der Waals surface area contributed by atoms with Gasteiger partial charge < -0.3 is 5.11 Å².